The molecule has 0 atom stereocenters. The molecule has 0 aliphatic heterocycles. The summed E-state index contributed by atoms with van der Waals surface area (Å²) < 4.78 is 33.3. The molecule has 354 valence electrons. The van der Waals surface area contributed by atoms with E-state index in [0.717, 1.165) is 101 Å². The number of carboxylic acid groups (broad SMARTS) is 6. The fourth-order valence-electron chi connectivity index (χ4n) is 12.2. The molecular weight excluding hydrogens is 886 g/mol. The predicted molar refractivity (Wildman–Crippen MR) is 249 cm³/mol. The van der Waals surface area contributed by atoms with Crippen LogP contribution in [-0.2, 0) is 21.5 Å². The first-order valence-electron chi connectivity index (χ1n) is 23.6. The molecule has 4 aliphatic carbocycles. The monoisotopic (exact) mass is 946 g/mol. The van der Waals surface area contributed by atoms with Gasteiger partial charge >= 0.3 is 35.8 Å². The molecule has 3 aromatic rings. The molecule has 4 saturated carbocycles. The van der Waals surface area contributed by atoms with Crippen LogP contribution in [0.15, 0.2) is 36.4 Å². The van der Waals surface area contributed by atoms with E-state index in [0.29, 0.717) is 51.4 Å². The smallest absolute Gasteiger partial charge is 0.337 e. The van der Waals surface area contributed by atoms with Crippen LogP contribution in [-0.4, -0.2) is 89.1 Å². The van der Waals surface area contributed by atoms with E-state index in [2.05, 4.69) is 0 Å². The molecule has 14 nitrogen and oxygen atoms in total. The van der Waals surface area contributed by atoms with Gasteiger partial charge in [0.1, 0.15) is 0 Å². The van der Waals surface area contributed by atoms with Crippen LogP contribution in [0.5, 0.6) is 0 Å². The van der Waals surface area contributed by atoms with Gasteiger partial charge in [0.2, 0.25) is 0 Å². The summed E-state index contributed by atoms with van der Waals surface area (Å²) in [6, 6.07) is 6.80. The van der Waals surface area contributed by atoms with E-state index in [4.69, 9.17) is 0 Å². The van der Waals surface area contributed by atoms with Crippen LogP contribution in [0.1, 0.15) is 202 Å². The van der Waals surface area contributed by atoms with E-state index >= 15 is 9.13 Å². The van der Waals surface area contributed by atoms with Crippen molar-refractivity contribution < 1.29 is 68.5 Å². The largest absolute Gasteiger partial charge is 0.478 e. The first kappa shape index (κ1) is 48.9. The molecule has 0 amide bonds. The lowest BCUT2D eigenvalue weighted by Gasteiger charge is -2.41. The van der Waals surface area contributed by atoms with Gasteiger partial charge in [-0.1, -0.05) is 101 Å². The summed E-state index contributed by atoms with van der Waals surface area (Å²) >= 11 is 0. The Morgan fingerprint density at radius 3 is 0.985 bits per heavy atom. The molecule has 6 N–H and O–H groups in total. The summed E-state index contributed by atoms with van der Waals surface area (Å²) in [4.78, 5) is 81.0. The van der Waals surface area contributed by atoms with Crippen LogP contribution < -0.4 is 0 Å². The molecule has 4 aliphatic rings. The van der Waals surface area contributed by atoms with Gasteiger partial charge in [0.15, 0.2) is 0 Å². The van der Waals surface area contributed by atoms with Crippen molar-refractivity contribution in [2.24, 2.45) is 0 Å². The molecule has 0 unspecified atom stereocenters. The molecule has 0 aromatic heterocycles. The van der Waals surface area contributed by atoms with Crippen LogP contribution in [0.2, 0.25) is 0 Å². The van der Waals surface area contributed by atoms with Gasteiger partial charge in [-0.25, -0.2) is 28.8 Å². The Morgan fingerprint density at radius 2 is 0.682 bits per heavy atom. The highest BCUT2D eigenvalue weighted by Gasteiger charge is 2.48. The Bertz CT molecular complexity index is 2480. The van der Waals surface area contributed by atoms with Gasteiger partial charge in [0.05, 0.1) is 47.7 Å². The van der Waals surface area contributed by atoms with Gasteiger partial charge < -0.3 is 39.8 Å². The minimum Gasteiger partial charge on any atom is -0.478 e. The summed E-state index contributed by atoms with van der Waals surface area (Å²) in [7, 11) is -7.22. The average molecular weight is 947 g/mol. The third kappa shape index (κ3) is 9.42. The zero-order valence-electron chi connectivity index (χ0n) is 37.2. The molecule has 66 heavy (non-hydrogen) atoms. The Labute approximate surface area is 384 Å². The molecule has 0 saturated heterocycles. The van der Waals surface area contributed by atoms with E-state index in [9.17, 15) is 59.4 Å². The fraction of sp³-hybridized carbons (Fsp3) is 0.520. The molecule has 4 fully saturated rings. The second-order valence-corrected chi connectivity index (χ2v) is 25.9. The van der Waals surface area contributed by atoms with Crippen molar-refractivity contribution in [2.75, 3.05) is 0 Å². The van der Waals surface area contributed by atoms with Crippen LogP contribution in [0, 0.1) is 0 Å². The number of aromatic carboxylic acids is 6. The van der Waals surface area contributed by atoms with Gasteiger partial charge in [0, 0.05) is 40.5 Å². The Kier molecular flexibility index (Phi) is 15.1. The van der Waals surface area contributed by atoms with Gasteiger partial charge in [-0.05, 0) is 91.3 Å². The highest BCUT2D eigenvalue weighted by atomic mass is 31.2. The fourth-order valence-corrected chi connectivity index (χ4v) is 21.1. The van der Waals surface area contributed by atoms with E-state index < -0.39 is 106 Å². The maximum Gasteiger partial charge on any atom is 0.337 e. The minimum atomic E-state index is -3.63. The highest BCUT2D eigenvalue weighted by Crippen LogP contribution is 2.69. The Hall–Kier alpha value is -5.06. The molecule has 0 radical (unpaired) electrons. The Morgan fingerprint density at radius 1 is 0.379 bits per heavy atom. The van der Waals surface area contributed by atoms with E-state index in [1.54, 1.807) is 0 Å². The van der Waals surface area contributed by atoms with Crippen LogP contribution >= 0.6 is 14.3 Å². The summed E-state index contributed by atoms with van der Waals surface area (Å²) in [5.41, 5.74) is -8.69. The lowest BCUT2D eigenvalue weighted by Crippen LogP contribution is -2.28. The van der Waals surface area contributed by atoms with Crippen LogP contribution in [0.4, 0.5) is 0 Å². The third-order valence-electron chi connectivity index (χ3n) is 15.3. The van der Waals surface area contributed by atoms with Crippen molar-refractivity contribution in [3.05, 3.63) is 80.9 Å². The van der Waals surface area contributed by atoms with E-state index in [-0.39, 0.29) is 45.5 Å². The third-order valence-corrected chi connectivity index (χ3v) is 23.9. The zero-order valence-corrected chi connectivity index (χ0v) is 39.0. The summed E-state index contributed by atoms with van der Waals surface area (Å²) in [5, 5.41) is 65.6. The van der Waals surface area contributed by atoms with Gasteiger partial charge in [-0.2, -0.15) is 0 Å². The average Bonchev–Trinajstić information content (AvgIpc) is 3.31. The maximum atomic E-state index is 16.7. The number of hydrogen-bond acceptors (Lipinski definition) is 8. The summed E-state index contributed by atoms with van der Waals surface area (Å²) in [5.74, 6) is -10.6. The van der Waals surface area contributed by atoms with Crippen molar-refractivity contribution in [3.8, 4) is 22.3 Å². The molecule has 0 heterocycles. The molecule has 7 rings (SSSR count). The molecular formula is C50H60O14P2. The number of benzene rings is 3. The first-order chi connectivity index (χ1) is 31.5. The van der Waals surface area contributed by atoms with Gasteiger partial charge in [0.25, 0.3) is 0 Å². The van der Waals surface area contributed by atoms with Crippen molar-refractivity contribution in [2.45, 2.75) is 163 Å². The topological polar surface area (TPSA) is 258 Å². The normalized spacial score (nSPS) is 18.4. The number of carbonyl (C=O) groups is 6. The van der Waals surface area contributed by atoms with E-state index in [1.165, 1.54) is 12.1 Å². The van der Waals surface area contributed by atoms with Crippen molar-refractivity contribution in [1.29, 1.82) is 0 Å². The second-order valence-electron chi connectivity index (χ2n) is 18.9. The lowest BCUT2D eigenvalue weighted by atomic mass is 9.78. The lowest BCUT2D eigenvalue weighted by molar-refractivity contribution is 0.0649. The van der Waals surface area contributed by atoms with Crippen molar-refractivity contribution >= 4 is 50.1 Å². The summed E-state index contributed by atoms with van der Waals surface area (Å²) in [6.07, 6.45) is 13.8. The quantitative estimate of drug-likeness (QED) is 0.0730. The van der Waals surface area contributed by atoms with E-state index in [1.807, 2.05) is 0 Å². The maximum absolute atomic E-state index is 16.7. The molecule has 0 bridgehead atoms. The molecule has 3 aromatic carbocycles. The van der Waals surface area contributed by atoms with Crippen molar-refractivity contribution in [3.63, 3.8) is 0 Å². The van der Waals surface area contributed by atoms with Crippen LogP contribution in [0.25, 0.3) is 22.3 Å². The molecule has 16 heteroatoms. The minimum absolute atomic E-state index is 0.0548. The number of carboxylic acids is 6. The van der Waals surface area contributed by atoms with Gasteiger partial charge in [-0.3, -0.25) is 0 Å². The number of rotatable bonds is 16. The molecule has 0 spiro atoms. The van der Waals surface area contributed by atoms with Crippen LogP contribution in [0.3, 0.4) is 0 Å². The van der Waals surface area contributed by atoms with Crippen molar-refractivity contribution in [1.82, 2.24) is 0 Å². The number of hydrogen-bond donors (Lipinski definition) is 6. The Balaban J connectivity index is 1.76. The van der Waals surface area contributed by atoms with Gasteiger partial charge in [-0.15, -0.1) is 0 Å². The summed E-state index contributed by atoms with van der Waals surface area (Å²) in [6.45, 7) is 0. The SMILES string of the molecule is O=C(O)c1cccc(-c2c(CP(=O)(C3CCCCC3)C3CCCCC3)c(CP(=O)(C3CCCCC3)C3CCCCC3)c(C(=O)O)c(C(=O)O)c2-c2cccc(C(=O)O)c2C(=O)O)c1C(=O)O. The predicted octanol–water partition coefficient (Wildman–Crippen LogP) is 12.3. The standard InChI is InChI=1S/C50H60O14P2/c51-45(52)35-25-13-23-33(40(35)47(55)56)39-37(27-65(63,29-15-5-1-6-16-29)30-17-7-2-8-18-30)38(28-66(64,31-19-9-3-10-20-31)32-21-11-4-12-22-32)43(49(59)60)44(50(61)62)42(39)34-24-14-26-36(46(53)54)41(34)48(57)58/h13-14,23-26,29-32H,1-12,15-22,27-28H2,(H,51,52)(H,53,54)(H,55,56)(H,57,58)(H,59,60)(H,61,62). The second kappa shape index (κ2) is 20.4. The highest BCUT2D eigenvalue weighted by molar-refractivity contribution is 7.65. The zero-order chi connectivity index (χ0) is 47.5. The first-order valence-corrected chi connectivity index (χ1v) is 27.6.